The van der Waals surface area contributed by atoms with Crippen LogP contribution in [0.4, 0.5) is 0 Å². The number of nitrogens with one attached hydrogen (secondary N) is 1. The summed E-state index contributed by atoms with van der Waals surface area (Å²) in [7, 11) is 1.26. The first-order valence-electron chi connectivity index (χ1n) is 3.78. The Hall–Kier alpha value is -1.14. The van der Waals surface area contributed by atoms with Gasteiger partial charge in [0.05, 0.1) is 12.6 Å². The maximum absolute atomic E-state index is 10.9. The minimum Gasteiger partial charge on any atom is -0.479 e. The smallest absolute Gasteiger partial charge is 0.334 e. The lowest BCUT2D eigenvalue weighted by molar-refractivity contribution is -0.148. The van der Waals surface area contributed by atoms with Crippen molar-refractivity contribution in [2.75, 3.05) is 13.7 Å². The molecule has 76 valence electrons. The van der Waals surface area contributed by atoms with Crippen LogP contribution in [0.25, 0.3) is 0 Å². The minimum absolute atomic E-state index is 0.0772. The van der Waals surface area contributed by atoms with Crippen LogP contribution >= 0.6 is 0 Å². The number of carboxylic acids is 1. The van der Waals surface area contributed by atoms with Gasteiger partial charge in [-0.15, -0.1) is 0 Å². The lowest BCUT2D eigenvalue weighted by atomic mass is 10.3. The third-order valence-corrected chi connectivity index (χ3v) is 1.44. The second-order valence-electron chi connectivity index (χ2n) is 2.60. The largest absolute Gasteiger partial charge is 0.479 e. The van der Waals surface area contributed by atoms with Crippen LogP contribution in [0.1, 0.15) is 6.92 Å². The Balaban J connectivity index is 3.85. The Labute approximate surface area is 76.0 Å². The van der Waals surface area contributed by atoms with Crippen LogP contribution in [0.15, 0.2) is 0 Å². The predicted octanol–water partition coefficient (Wildman–Crippen LogP) is -1.45. The maximum atomic E-state index is 10.9. The van der Waals surface area contributed by atoms with E-state index in [-0.39, 0.29) is 6.54 Å². The highest BCUT2D eigenvalue weighted by Gasteiger charge is 2.17. The van der Waals surface area contributed by atoms with Gasteiger partial charge in [-0.25, -0.2) is 4.79 Å². The average Bonchev–Trinajstić information content (AvgIpc) is 2.04. The second kappa shape index (κ2) is 5.50. The predicted molar refractivity (Wildman–Crippen MR) is 45.1 cm³/mol. The molecule has 0 aliphatic carbocycles. The van der Waals surface area contributed by atoms with Crippen molar-refractivity contribution in [3.05, 3.63) is 0 Å². The van der Waals surface area contributed by atoms with Gasteiger partial charge in [0.25, 0.3) is 0 Å². The van der Waals surface area contributed by atoms with E-state index in [1.807, 2.05) is 0 Å². The summed E-state index contributed by atoms with van der Waals surface area (Å²) < 4.78 is 4.59. The van der Waals surface area contributed by atoms with Crippen LogP contribution in [0.2, 0.25) is 0 Å². The van der Waals surface area contributed by atoms with Crippen LogP contribution < -0.4 is 11.1 Å². The van der Waals surface area contributed by atoms with E-state index in [4.69, 9.17) is 10.8 Å². The first kappa shape index (κ1) is 11.9. The van der Waals surface area contributed by atoms with Crippen LogP contribution in [0.3, 0.4) is 0 Å². The second-order valence-corrected chi connectivity index (χ2v) is 2.60. The summed E-state index contributed by atoms with van der Waals surface area (Å²) in [6.07, 6.45) is -1.03. The molecule has 1 unspecified atom stereocenters. The lowest BCUT2D eigenvalue weighted by Gasteiger charge is -2.12. The van der Waals surface area contributed by atoms with Crippen molar-refractivity contribution in [1.29, 1.82) is 0 Å². The zero-order chi connectivity index (χ0) is 10.4. The van der Waals surface area contributed by atoms with Crippen molar-refractivity contribution in [3.63, 3.8) is 0 Å². The molecular formula is C7H14N2O4. The van der Waals surface area contributed by atoms with Gasteiger partial charge in [-0.3, -0.25) is 4.79 Å². The summed E-state index contributed by atoms with van der Waals surface area (Å²) in [5.74, 6) is -1.52. The molecule has 0 aromatic rings. The molecule has 13 heavy (non-hydrogen) atoms. The molecule has 1 amide bonds. The third kappa shape index (κ3) is 4.44. The standard InChI is InChI=1S/C7H14N2O4/c1-4(8)6(10)9-3-5(13-2)7(11)12/h4-5H,3,8H2,1-2H3,(H,9,10)(H,11,12)/t4-,5?/m1/s1. The summed E-state index contributed by atoms with van der Waals surface area (Å²) in [5, 5.41) is 10.9. The monoisotopic (exact) mass is 190 g/mol. The van der Waals surface area contributed by atoms with Crippen LogP contribution in [0, 0.1) is 0 Å². The van der Waals surface area contributed by atoms with Gasteiger partial charge in [0.2, 0.25) is 5.91 Å². The van der Waals surface area contributed by atoms with E-state index in [9.17, 15) is 9.59 Å². The van der Waals surface area contributed by atoms with Gasteiger partial charge in [-0.1, -0.05) is 0 Å². The summed E-state index contributed by atoms with van der Waals surface area (Å²) in [6, 6.07) is -0.647. The summed E-state index contributed by atoms with van der Waals surface area (Å²) in [5.41, 5.74) is 5.24. The quantitative estimate of drug-likeness (QED) is 0.492. The zero-order valence-electron chi connectivity index (χ0n) is 7.61. The third-order valence-electron chi connectivity index (χ3n) is 1.44. The van der Waals surface area contributed by atoms with Gasteiger partial charge in [0, 0.05) is 7.11 Å². The molecule has 2 atom stereocenters. The van der Waals surface area contributed by atoms with Crippen LogP contribution in [0.5, 0.6) is 0 Å². The number of carbonyl (C=O) groups is 2. The lowest BCUT2D eigenvalue weighted by Crippen LogP contribution is -2.44. The normalized spacial score (nSPS) is 14.7. The topological polar surface area (TPSA) is 102 Å². The molecule has 4 N–H and O–H groups in total. The van der Waals surface area contributed by atoms with Crippen molar-refractivity contribution >= 4 is 11.9 Å². The van der Waals surface area contributed by atoms with Crippen molar-refractivity contribution in [3.8, 4) is 0 Å². The molecule has 0 radical (unpaired) electrons. The van der Waals surface area contributed by atoms with Gasteiger partial charge in [0.15, 0.2) is 6.10 Å². The number of amides is 1. The maximum Gasteiger partial charge on any atom is 0.334 e. The molecule has 0 heterocycles. The summed E-state index contributed by atoms with van der Waals surface area (Å²) in [6.45, 7) is 1.43. The molecule has 0 aliphatic heterocycles. The molecule has 6 heteroatoms. The summed E-state index contributed by atoms with van der Waals surface area (Å²) in [4.78, 5) is 21.3. The van der Waals surface area contributed by atoms with E-state index in [0.29, 0.717) is 0 Å². The van der Waals surface area contributed by atoms with Crippen molar-refractivity contribution < 1.29 is 19.4 Å². The molecule has 0 saturated carbocycles. The number of carbonyl (C=O) groups excluding carboxylic acids is 1. The molecule has 0 spiro atoms. The highest BCUT2D eigenvalue weighted by Crippen LogP contribution is 1.88. The Morgan fingerprint density at radius 3 is 2.46 bits per heavy atom. The number of ether oxygens (including phenoxy) is 1. The molecule has 0 aliphatic rings. The average molecular weight is 190 g/mol. The number of hydrogen-bond acceptors (Lipinski definition) is 4. The fourth-order valence-corrected chi connectivity index (χ4v) is 0.626. The Morgan fingerprint density at radius 1 is 1.62 bits per heavy atom. The molecule has 0 rings (SSSR count). The van der Waals surface area contributed by atoms with Gasteiger partial charge in [-0.2, -0.15) is 0 Å². The number of rotatable bonds is 5. The van der Waals surface area contributed by atoms with Gasteiger partial charge >= 0.3 is 5.97 Å². The number of methoxy groups -OCH3 is 1. The molecular weight excluding hydrogens is 176 g/mol. The van der Waals surface area contributed by atoms with Crippen LogP contribution in [-0.2, 0) is 14.3 Å². The Bertz CT molecular complexity index is 193. The number of nitrogens with two attached hydrogens (primary N) is 1. The van der Waals surface area contributed by atoms with E-state index in [1.165, 1.54) is 14.0 Å². The van der Waals surface area contributed by atoms with Crippen molar-refractivity contribution in [1.82, 2.24) is 5.32 Å². The molecule has 0 bridgehead atoms. The molecule has 0 aromatic carbocycles. The van der Waals surface area contributed by atoms with Gasteiger partial charge < -0.3 is 20.9 Å². The molecule has 0 fully saturated rings. The highest BCUT2D eigenvalue weighted by molar-refractivity contribution is 5.82. The molecule has 0 saturated heterocycles. The van der Waals surface area contributed by atoms with E-state index >= 15 is 0 Å². The Morgan fingerprint density at radius 2 is 2.15 bits per heavy atom. The Kier molecular flexibility index (Phi) is 5.01. The van der Waals surface area contributed by atoms with Gasteiger partial charge in [0.1, 0.15) is 0 Å². The first-order valence-corrected chi connectivity index (χ1v) is 3.78. The van der Waals surface area contributed by atoms with E-state index in [2.05, 4.69) is 10.1 Å². The van der Waals surface area contributed by atoms with E-state index in [0.717, 1.165) is 0 Å². The van der Waals surface area contributed by atoms with Crippen molar-refractivity contribution in [2.45, 2.75) is 19.1 Å². The number of carboxylic acid groups (broad SMARTS) is 1. The van der Waals surface area contributed by atoms with Gasteiger partial charge in [-0.05, 0) is 6.92 Å². The zero-order valence-corrected chi connectivity index (χ0v) is 7.61. The summed E-state index contributed by atoms with van der Waals surface area (Å²) >= 11 is 0. The van der Waals surface area contributed by atoms with Crippen molar-refractivity contribution in [2.24, 2.45) is 5.73 Å². The van der Waals surface area contributed by atoms with E-state index in [1.54, 1.807) is 0 Å². The molecule has 6 nitrogen and oxygen atoms in total. The first-order chi connectivity index (χ1) is 5.99. The van der Waals surface area contributed by atoms with E-state index < -0.39 is 24.0 Å². The fourth-order valence-electron chi connectivity index (χ4n) is 0.626. The highest BCUT2D eigenvalue weighted by atomic mass is 16.5. The van der Waals surface area contributed by atoms with Crippen LogP contribution in [-0.4, -0.2) is 42.8 Å². The fraction of sp³-hybridized carbons (Fsp3) is 0.714. The minimum atomic E-state index is -1.12. The molecule has 0 aromatic heterocycles. The number of hydrogen-bond donors (Lipinski definition) is 3. The SMILES string of the molecule is COC(CNC(=O)[C@@H](C)N)C(=O)O. The number of aliphatic carboxylic acids is 1.